The summed E-state index contributed by atoms with van der Waals surface area (Å²) in [4.78, 5) is 25.4. The van der Waals surface area contributed by atoms with Crippen LogP contribution >= 0.6 is 11.3 Å². The highest BCUT2D eigenvalue weighted by atomic mass is 32.1. The second kappa shape index (κ2) is 6.03. The van der Waals surface area contributed by atoms with Crippen LogP contribution in [0, 0.1) is 0 Å². The predicted molar refractivity (Wildman–Crippen MR) is 93.3 cm³/mol. The molecule has 5 nitrogen and oxygen atoms in total. The monoisotopic (exact) mass is 342 g/mol. The topological polar surface area (TPSA) is 81.4 Å². The molecule has 0 spiro atoms. The number of anilines is 1. The number of carbonyl (C=O) groups is 2. The van der Waals surface area contributed by atoms with Gasteiger partial charge in [-0.1, -0.05) is 24.3 Å². The van der Waals surface area contributed by atoms with Crippen molar-refractivity contribution in [2.75, 3.05) is 11.9 Å². The van der Waals surface area contributed by atoms with Crippen molar-refractivity contribution in [3.8, 4) is 10.4 Å². The molecule has 0 radical (unpaired) electrons. The number of rotatable bonds is 3. The van der Waals surface area contributed by atoms with Crippen molar-refractivity contribution in [3.05, 3.63) is 41.0 Å². The van der Waals surface area contributed by atoms with Gasteiger partial charge in [-0.15, -0.1) is 11.3 Å². The van der Waals surface area contributed by atoms with E-state index >= 15 is 0 Å². The van der Waals surface area contributed by atoms with Crippen LogP contribution < -0.4 is 11.1 Å². The second-order valence-electron chi connectivity index (χ2n) is 6.13. The highest BCUT2D eigenvalue weighted by Gasteiger charge is 2.30. The molecule has 1 aromatic heterocycles. The molecule has 2 heterocycles. The van der Waals surface area contributed by atoms with Crippen LogP contribution in [-0.2, 0) is 22.4 Å². The van der Waals surface area contributed by atoms with Gasteiger partial charge in [0.2, 0.25) is 0 Å². The molecule has 124 valence electrons. The largest absolute Gasteiger partial charge is 0.368 e. The van der Waals surface area contributed by atoms with Gasteiger partial charge in [0.15, 0.2) is 0 Å². The lowest BCUT2D eigenvalue weighted by molar-refractivity contribution is -0.124. The van der Waals surface area contributed by atoms with E-state index in [1.807, 2.05) is 12.1 Å². The summed E-state index contributed by atoms with van der Waals surface area (Å²) in [6.07, 6.45) is 2.80. The van der Waals surface area contributed by atoms with Gasteiger partial charge < -0.3 is 15.8 Å². The Balaban J connectivity index is 1.74. The van der Waals surface area contributed by atoms with E-state index in [-0.39, 0.29) is 5.91 Å². The first-order valence-electron chi connectivity index (χ1n) is 8.11. The standard InChI is InChI=1S/C18H18N2O3S/c19-16(21)14-12-8-7-10-4-1-2-5-11(10)15(12)24-18(14)20-17(22)13-6-3-9-23-13/h1-2,4-5,13H,3,6-9H2,(H2,19,21)(H,20,22)/t13-/m0/s1. The Bertz CT molecular complexity index is 822. The Kier molecular flexibility index (Phi) is 3.86. The Labute approximate surface area is 143 Å². The molecule has 1 aromatic carbocycles. The zero-order valence-electron chi connectivity index (χ0n) is 13.1. The van der Waals surface area contributed by atoms with E-state index in [0.717, 1.165) is 35.3 Å². The normalized spacial score (nSPS) is 18.8. The molecular formula is C18H18N2O3S. The van der Waals surface area contributed by atoms with E-state index < -0.39 is 12.0 Å². The Hall–Kier alpha value is -2.18. The third kappa shape index (κ3) is 2.52. The van der Waals surface area contributed by atoms with Crippen LogP contribution in [0.15, 0.2) is 24.3 Å². The lowest BCUT2D eigenvalue weighted by atomic mass is 9.89. The van der Waals surface area contributed by atoms with E-state index in [0.29, 0.717) is 23.6 Å². The van der Waals surface area contributed by atoms with E-state index in [2.05, 4.69) is 17.4 Å². The van der Waals surface area contributed by atoms with Gasteiger partial charge >= 0.3 is 0 Å². The summed E-state index contributed by atoms with van der Waals surface area (Å²) in [7, 11) is 0. The predicted octanol–water partition coefficient (Wildman–Crippen LogP) is 2.73. The summed E-state index contributed by atoms with van der Waals surface area (Å²) >= 11 is 1.43. The van der Waals surface area contributed by atoms with Gasteiger partial charge in [-0.2, -0.15) is 0 Å². The fraction of sp³-hybridized carbons (Fsp3) is 0.333. The minimum absolute atomic E-state index is 0.193. The maximum Gasteiger partial charge on any atom is 0.254 e. The van der Waals surface area contributed by atoms with Crippen LogP contribution in [0.1, 0.15) is 34.3 Å². The number of nitrogens with one attached hydrogen (secondary N) is 1. The van der Waals surface area contributed by atoms with E-state index in [1.54, 1.807) is 0 Å². The molecular weight excluding hydrogens is 324 g/mol. The summed E-state index contributed by atoms with van der Waals surface area (Å²) in [5.41, 5.74) is 9.42. The quantitative estimate of drug-likeness (QED) is 0.900. The highest BCUT2D eigenvalue weighted by molar-refractivity contribution is 7.20. The smallest absolute Gasteiger partial charge is 0.254 e. The number of thiophene rings is 1. The van der Waals surface area contributed by atoms with Crippen molar-refractivity contribution >= 4 is 28.2 Å². The summed E-state index contributed by atoms with van der Waals surface area (Å²) in [5.74, 6) is -0.684. The average Bonchev–Trinajstić information content (AvgIpc) is 3.22. The zero-order valence-corrected chi connectivity index (χ0v) is 13.9. The van der Waals surface area contributed by atoms with Crippen LogP contribution in [-0.4, -0.2) is 24.5 Å². The SMILES string of the molecule is NC(=O)c1c(NC(=O)[C@@H]2CCCO2)sc2c1CCc1ccccc1-2. The molecule has 0 unspecified atom stereocenters. The van der Waals surface area contributed by atoms with Gasteiger partial charge in [-0.3, -0.25) is 9.59 Å². The molecule has 1 atom stereocenters. The number of ether oxygens (including phenoxy) is 1. The van der Waals surface area contributed by atoms with Gasteiger partial charge in [-0.05, 0) is 42.4 Å². The Morgan fingerprint density at radius 2 is 2.08 bits per heavy atom. The number of hydrogen-bond acceptors (Lipinski definition) is 4. The minimum Gasteiger partial charge on any atom is -0.368 e. The summed E-state index contributed by atoms with van der Waals surface area (Å²) in [6, 6.07) is 8.17. The fourth-order valence-corrected chi connectivity index (χ4v) is 4.78. The molecule has 1 aliphatic carbocycles. The number of hydrogen-bond donors (Lipinski definition) is 2. The first-order valence-corrected chi connectivity index (χ1v) is 8.93. The highest BCUT2D eigenvalue weighted by Crippen LogP contribution is 2.45. The molecule has 24 heavy (non-hydrogen) atoms. The van der Waals surface area contributed by atoms with Crippen molar-refractivity contribution < 1.29 is 14.3 Å². The van der Waals surface area contributed by atoms with Gasteiger partial charge in [0, 0.05) is 11.5 Å². The zero-order chi connectivity index (χ0) is 16.7. The van der Waals surface area contributed by atoms with Crippen LogP contribution in [0.5, 0.6) is 0 Å². The molecule has 6 heteroatoms. The molecule has 3 N–H and O–H groups in total. The van der Waals surface area contributed by atoms with Gasteiger partial charge in [0.1, 0.15) is 11.1 Å². The maximum absolute atomic E-state index is 12.4. The van der Waals surface area contributed by atoms with Crippen molar-refractivity contribution in [2.45, 2.75) is 31.8 Å². The summed E-state index contributed by atoms with van der Waals surface area (Å²) < 4.78 is 5.42. The minimum atomic E-state index is -0.491. The fourth-order valence-electron chi connectivity index (χ4n) is 3.47. The number of aryl methyl sites for hydroxylation is 1. The lowest BCUT2D eigenvalue weighted by Gasteiger charge is -2.16. The molecule has 4 rings (SSSR count). The van der Waals surface area contributed by atoms with Crippen molar-refractivity contribution in [2.24, 2.45) is 5.73 Å². The Morgan fingerprint density at radius 3 is 2.83 bits per heavy atom. The number of carbonyl (C=O) groups excluding carboxylic acids is 2. The maximum atomic E-state index is 12.4. The van der Waals surface area contributed by atoms with Gasteiger partial charge in [-0.25, -0.2) is 0 Å². The van der Waals surface area contributed by atoms with Crippen molar-refractivity contribution in [1.29, 1.82) is 0 Å². The molecule has 1 aliphatic heterocycles. The first-order chi connectivity index (χ1) is 11.6. The molecule has 2 aliphatic rings. The molecule has 1 fully saturated rings. The van der Waals surface area contributed by atoms with Crippen molar-refractivity contribution in [3.63, 3.8) is 0 Å². The third-order valence-corrected chi connectivity index (χ3v) is 5.80. The Morgan fingerprint density at radius 1 is 1.25 bits per heavy atom. The number of primary amides is 1. The van der Waals surface area contributed by atoms with E-state index in [4.69, 9.17) is 10.5 Å². The third-order valence-electron chi connectivity index (χ3n) is 4.62. The number of fused-ring (bicyclic) bond motifs is 3. The average molecular weight is 342 g/mol. The number of benzene rings is 1. The van der Waals surface area contributed by atoms with Crippen LogP contribution in [0.2, 0.25) is 0 Å². The van der Waals surface area contributed by atoms with E-state index in [1.165, 1.54) is 16.9 Å². The van der Waals surface area contributed by atoms with Crippen LogP contribution in [0.4, 0.5) is 5.00 Å². The first kappa shape index (κ1) is 15.4. The second-order valence-corrected chi connectivity index (χ2v) is 7.15. The molecule has 0 bridgehead atoms. The molecule has 2 amide bonds. The summed E-state index contributed by atoms with van der Waals surface area (Å²) in [6.45, 7) is 0.606. The van der Waals surface area contributed by atoms with Crippen LogP contribution in [0.3, 0.4) is 0 Å². The molecule has 1 saturated heterocycles. The number of amides is 2. The van der Waals surface area contributed by atoms with Crippen LogP contribution in [0.25, 0.3) is 10.4 Å². The number of nitrogens with two attached hydrogens (primary N) is 1. The van der Waals surface area contributed by atoms with E-state index in [9.17, 15) is 9.59 Å². The summed E-state index contributed by atoms with van der Waals surface area (Å²) in [5, 5.41) is 3.42. The lowest BCUT2D eigenvalue weighted by Crippen LogP contribution is -2.27. The molecule has 2 aromatic rings. The van der Waals surface area contributed by atoms with Crippen molar-refractivity contribution in [1.82, 2.24) is 0 Å². The molecule has 0 saturated carbocycles. The van der Waals surface area contributed by atoms with Gasteiger partial charge in [0.05, 0.1) is 5.56 Å². The van der Waals surface area contributed by atoms with Gasteiger partial charge in [0.25, 0.3) is 11.8 Å².